The highest BCUT2D eigenvalue weighted by Crippen LogP contribution is 2.24. The molecule has 0 bridgehead atoms. The van der Waals surface area contributed by atoms with Crippen LogP contribution in [-0.4, -0.2) is 30.0 Å². The van der Waals surface area contributed by atoms with E-state index in [1.807, 2.05) is 30.5 Å². The predicted octanol–water partition coefficient (Wildman–Crippen LogP) is 2.06. The summed E-state index contributed by atoms with van der Waals surface area (Å²) in [7, 11) is 1.53. The van der Waals surface area contributed by atoms with Crippen molar-refractivity contribution in [3.63, 3.8) is 0 Å². The number of benzene rings is 1. The highest BCUT2D eigenvalue weighted by Gasteiger charge is 2.19. The third-order valence-corrected chi connectivity index (χ3v) is 2.89. The number of hydrogen-bond acceptors (Lipinski definition) is 3. The first-order chi connectivity index (χ1) is 8.76. The van der Waals surface area contributed by atoms with Crippen molar-refractivity contribution in [1.82, 2.24) is 10.2 Å². The van der Waals surface area contributed by atoms with Gasteiger partial charge in [-0.05, 0) is 11.1 Å². The fourth-order valence-electron chi connectivity index (χ4n) is 1.91. The number of halogens is 1. The quantitative estimate of drug-likeness (QED) is 0.852. The first-order valence-electron chi connectivity index (χ1n) is 5.69. The molecule has 0 amide bonds. The van der Waals surface area contributed by atoms with Gasteiger partial charge >= 0.3 is 0 Å². The molecule has 1 aromatic heterocycles. The Labute approximate surface area is 105 Å². The first-order valence-corrected chi connectivity index (χ1v) is 5.69. The van der Waals surface area contributed by atoms with Gasteiger partial charge in [0.15, 0.2) is 0 Å². The van der Waals surface area contributed by atoms with E-state index in [2.05, 4.69) is 10.2 Å². The molecule has 2 aromatic rings. The summed E-state index contributed by atoms with van der Waals surface area (Å²) < 4.78 is 17.8. The van der Waals surface area contributed by atoms with Crippen molar-refractivity contribution >= 4 is 0 Å². The van der Waals surface area contributed by atoms with Gasteiger partial charge < -0.3 is 10.5 Å². The molecular formula is C13H16FN3O. The van der Waals surface area contributed by atoms with Crippen LogP contribution in [0.5, 0.6) is 0 Å². The second kappa shape index (κ2) is 5.75. The summed E-state index contributed by atoms with van der Waals surface area (Å²) >= 11 is 0. The van der Waals surface area contributed by atoms with Gasteiger partial charge in [0.2, 0.25) is 0 Å². The molecular weight excluding hydrogens is 233 g/mol. The number of rotatable bonds is 5. The molecule has 1 aromatic carbocycles. The molecule has 0 spiro atoms. The molecule has 0 aliphatic carbocycles. The van der Waals surface area contributed by atoms with Gasteiger partial charge in [0.05, 0.1) is 18.3 Å². The number of H-pyrrole nitrogens is 1. The van der Waals surface area contributed by atoms with Crippen LogP contribution in [0.3, 0.4) is 0 Å². The molecule has 4 nitrogen and oxygen atoms in total. The van der Waals surface area contributed by atoms with Crippen molar-refractivity contribution in [2.24, 2.45) is 5.73 Å². The smallest absolute Gasteiger partial charge is 0.107 e. The van der Waals surface area contributed by atoms with Gasteiger partial charge in [-0.3, -0.25) is 5.10 Å². The van der Waals surface area contributed by atoms with E-state index in [1.165, 1.54) is 7.11 Å². The molecule has 1 heterocycles. The normalized spacial score (nSPS) is 14.4. The van der Waals surface area contributed by atoms with Crippen molar-refractivity contribution in [3.8, 4) is 11.1 Å². The van der Waals surface area contributed by atoms with E-state index < -0.39 is 18.8 Å². The van der Waals surface area contributed by atoms with Crippen LogP contribution in [0, 0.1) is 0 Å². The lowest BCUT2D eigenvalue weighted by molar-refractivity contribution is 0.0721. The van der Waals surface area contributed by atoms with E-state index in [1.54, 1.807) is 6.20 Å². The molecule has 3 N–H and O–H groups in total. The molecule has 5 heteroatoms. The summed E-state index contributed by atoms with van der Waals surface area (Å²) in [6, 6.07) is 7.03. The second-order valence-electron chi connectivity index (χ2n) is 4.08. The van der Waals surface area contributed by atoms with Gasteiger partial charge in [-0.15, -0.1) is 0 Å². The van der Waals surface area contributed by atoms with Crippen molar-refractivity contribution < 1.29 is 9.13 Å². The summed E-state index contributed by atoms with van der Waals surface area (Å²) in [6.07, 6.45) is 3.14. The molecule has 2 atom stereocenters. The molecule has 0 saturated heterocycles. The third-order valence-electron chi connectivity index (χ3n) is 2.89. The Morgan fingerprint density at radius 3 is 2.56 bits per heavy atom. The number of hydrogen-bond donors (Lipinski definition) is 2. The number of aromatic nitrogens is 2. The van der Waals surface area contributed by atoms with Gasteiger partial charge in [0, 0.05) is 18.9 Å². The number of aromatic amines is 1. The minimum Gasteiger partial charge on any atom is -0.375 e. The van der Waals surface area contributed by atoms with E-state index in [0.29, 0.717) is 0 Å². The van der Waals surface area contributed by atoms with Crippen LogP contribution in [0.4, 0.5) is 4.39 Å². The number of alkyl halides is 1. The van der Waals surface area contributed by atoms with E-state index in [4.69, 9.17) is 10.5 Å². The number of nitrogens with two attached hydrogens (primary N) is 1. The molecule has 0 aliphatic rings. The van der Waals surface area contributed by atoms with Crippen molar-refractivity contribution in [1.29, 1.82) is 0 Å². The van der Waals surface area contributed by atoms with Crippen LogP contribution in [0.2, 0.25) is 0 Å². The average Bonchev–Trinajstić information content (AvgIpc) is 2.94. The molecule has 0 aliphatic heterocycles. The Morgan fingerprint density at radius 1 is 1.33 bits per heavy atom. The van der Waals surface area contributed by atoms with Gasteiger partial charge in [-0.1, -0.05) is 24.3 Å². The topological polar surface area (TPSA) is 63.9 Å². The highest BCUT2D eigenvalue weighted by molar-refractivity contribution is 5.61. The molecule has 18 heavy (non-hydrogen) atoms. The van der Waals surface area contributed by atoms with Crippen LogP contribution in [0.1, 0.15) is 11.7 Å². The molecule has 2 rings (SSSR count). The Balaban J connectivity index is 2.21. The van der Waals surface area contributed by atoms with Crippen LogP contribution >= 0.6 is 0 Å². The Morgan fingerprint density at radius 2 is 2.06 bits per heavy atom. The lowest BCUT2D eigenvalue weighted by Gasteiger charge is -2.20. The van der Waals surface area contributed by atoms with Gasteiger partial charge in [-0.25, -0.2) is 4.39 Å². The maximum absolute atomic E-state index is 12.6. The minimum absolute atomic E-state index is 0.423. The Kier molecular flexibility index (Phi) is 4.07. The zero-order chi connectivity index (χ0) is 13.0. The van der Waals surface area contributed by atoms with Crippen LogP contribution < -0.4 is 5.73 Å². The zero-order valence-electron chi connectivity index (χ0n) is 10.1. The molecule has 96 valence electrons. The Hall–Kier alpha value is -1.72. The molecule has 0 fully saturated rings. The maximum atomic E-state index is 12.6. The maximum Gasteiger partial charge on any atom is 0.107 e. The largest absolute Gasteiger partial charge is 0.375 e. The summed E-state index contributed by atoms with van der Waals surface area (Å²) in [5.74, 6) is 0. The number of nitrogens with one attached hydrogen (secondary N) is 1. The lowest BCUT2D eigenvalue weighted by Crippen LogP contribution is -2.31. The summed E-state index contributed by atoms with van der Waals surface area (Å²) in [6.45, 7) is -0.609. The fourth-order valence-corrected chi connectivity index (χ4v) is 1.91. The van der Waals surface area contributed by atoms with Crippen molar-refractivity contribution in [3.05, 3.63) is 42.2 Å². The van der Waals surface area contributed by atoms with Crippen molar-refractivity contribution in [2.75, 3.05) is 13.8 Å². The summed E-state index contributed by atoms with van der Waals surface area (Å²) in [5, 5.41) is 6.65. The molecule has 0 radical (unpaired) electrons. The fraction of sp³-hybridized carbons (Fsp3) is 0.308. The van der Waals surface area contributed by atoms with Crippen LogP contribution in [-0.2, 0) is 4.74 Å². The molecule has 0 saturated carbocycles. The van der Waals surface area contributed by atoms with Crippen molar-refractivity contribution in [2.45, 2.75) is 12.1 Å². The predicted molar refractivity (Wildman–Crippen MR) is 67.7 cm³/mol. The van der Waals surface area contributed by atoms with Gasteiger partial charge in [0.1, 0.15) is 6.67 Å². The molecule has 0 unspecified atom stereocenters. The summed E-state index contributed by atoms with van der Waals surface area (Å²) in [4.78, 5) is 0. The number of ether oxygens (including phenoxy) is 1. The van der Waals surface area contributed by atoms with E-state index >= 15 is 0 Å². The number of nitrogens with zero attached hydrogens (tertiary/aromatic N) is 1. The first kappa shape index (κ1) is 12.7. The third kappa shape index (κ3) is 2.57. The van der Waals surface area contributed by atoms with E-state index in [0.717, 1.165) is 16.7 Å². The van der Waals surface area contributed by atoms with Gasteiger partial charge in [-0.2, -0.15) is 5.10 Å². The number of methoxy groups -OCH3 is 1. The monoisotopic (exact) mass is 249 g/mol. The minimum atomic E-state index is -0.644. The van der Waals surface area contributed by atoms with Crippen LogP contribution in [0.15, 0.2) is 36.7 Å². The van der Waals surface area contributed by atoms with Gasteiger partial charge in [0.25, 0.3) is 0 Å². The average molecular weight is 249 g/mol. The van der Waals surface area contributed by atoms with E-state index in [-0.39, 0.29) is 0 Å². The van der Waals surface area contributed by atoms with E-state index in [9.17, 15) is 4.39 Å². The lowest BCUT2D eigenvalue weighted by atomic mass is 10.0. The SMILES string of the molecule is CO[C@H](c1ccc(-c2cn[nH]c2)cc1)[C@H](N)CF. The Bertz CT molecular complexity index is 469. The highest BCUT2D eigenvalue weighted by atomic mass is 19.1. The standard InChI is InChI=1S/C13H16FN3O/c1-18-13(12(15)6-14)10-4-2-9(3-5-10)11-7-16-17-8-11/h2-5,7-8,12-13H,6,15H2,1H3,(H,16,17)/t12-,13-/m1/s1. The second-order valence-corrected chi connectivity index (χ2v) is 4.08. The zero-order valence-corrected chi connectivity index (χ0v) is 10.1. The van der Waals surface area contributed by atoms with Crippen LogP contribution in [0.25, 0.3) is 11.1 Å². The summed E-state index contributed by atoms with van der Waals surface area (Å²) in [5.41, 5.74) is 8.59.